The number of aromatic nitrogens is 1. The first-order valence-electron chi connectivity index (χ1n) is 16.9. The lowest BCUT2D eigenvalue weighted by Gasteiger charge is -2.27. The number of benzene rings is 2. The highest BCUT2D eigenvalue weighted by molar-refractivity contribution is 5.96. The number of allylic oxidation sites excluding steroid dienone is 1. The van der Waals surface area contributed by atoms with E-state index in [-0.39, 0.29) is 31.9 Å². The van der Waals surface area contributed by atoms with Crippen LogP contribution in [-0.2, 0) is 19.1 Å². The number of esters is 1. The van der Waals surface area contributed by atoms with Gasteiger partial charge in [0.1, 0.15) is 35.2 Å². The van der Waals surface area contributed by atoms with Crippen LogP contribution in [0.2, 0.25) is 0 Å². The van der Waals surface area contributed by atoms with Crippen molar-refractivity contribution in [3.63, 3.8) is 0 Å². The lowest BCUT2D eigenvalue weighted by Crippen LogP contribution is -2.56. The van der Waals surface area contributed by atoms with Gasteiger partial charge in [-0.1, -0.05) is 55.3 Å². The molecule has 2 aromatic carbocycles. The molecule has 3 N–H and O–H groups in total. The topological polar surface area (TPSA) is 156 Å². The van der Waals surface area contributed by atoms with Crippen LogP contribution < -0.4 is 20.1 Å². The molecule has 0 spiro atoms. The molecule has 3 aromatic rings. The minimum absolute atomic E-state index is 0.00659. The van der Waals surface area contributed by atoms with Crippen LogP contribution in [0, 0.1) is 5.92 Å². The summed E-state index contributed by atoms with van der Waals surface area (Å²) in [5.74, 6) is -1.28. The van der Waals surface area contributed by atoms with Crippen LogP contribution in [0.4, 0.5) is 4.79 Å². The first-order valence-corrected chi connectivity index (χ1v) is 16.9. The zero-order chi connectivity index (χ0) is 34.5. The second kappa shape index (κ2) is 14.6. The molecule has 3 aliphatic rings. The Balaban J connectivity index is 1.33. The minimum Gasteiger partial charge on any atom is -0.497 e. The SMILES string of the molecule is CCOC(=O)C12CC1/C=C/CCCCCC(C(=O)O)NC(=O)N1CC(Oc3cc(-c4ccccc4)nc4cc(OC)ccc34)CC1C(=O)N2. The molecule has 1 aliphatic carbocycles. The van der Waals surface area contributed by atoms with Gasteiger partial charge in [0, 0.05) is 35.4 Å². The van der Waals surface area contributed by atoms with E-state index >= 15 is 0 Å². The van der Waals surface area contributed by atoms with Gasteiger partial charge in [0.25, 0.3) is 0 Å². The maximum atomic E-state index is 14.1. The van der Waals surface area contributed by atoms with Crippen molar-refractivity contribution in [1.82, 2.24) is 20.5 Å². The molecule has 1 saturated carbocycles. The molecule has 3 amide bonds. The first kappa shape index (κ1) is 33.8. The Labute approximate surface area is 284 Å². The van der Waals surface area contributed by atoms with Gasteiger partial charge in [0.15, 0.2) is 0 Å². The number of hydrogen-bond acceptors (Lipinski definition) is 8. The molecule has 5 atom stereocenters. The lowest BCUT2D eigenvalue weighted by atomic mass is 10.1. The highest BCUT2D eigenvalue weighted by Gasteiger charge is 2.62. The lowest BCUT2D eigenvalue weighted by molar-refractivity contribution is -0.149. The Morgan fingerprint density at radius 3 is 2.65 bits per heavy atom. The zero-order valence-electron chi connectivity index (χ0n) is 27.7. The van der Waals surface area contributed by atoms with E-state index in [0.717, 1.165) is 30.2 Å². The Morgan fingerprint density at radius 2 is 1.90 bits per heavy atom. The van der Waals surface area contributed by atoms with E-state index in [2.05, 4.69) is 10.6 Å². The van der Waals surface area contributed by atoms with Gasteiger partial charge in [-0.15, -0.1) is 0 Å². The number of nitrogens with one attached hydrogen (secondary N) is 2. The fourth-order valence-electron chi connectivity index (χ4n) is 6.74. The summed E-state index contributed by atoms with van der Waals surface area (Å²) in [5, 5.41) is 16.2. The summed E-state index contributed by atoms with van der Waals surface area (Å²) in [4.78, 5) is 59.3. The second-order valence-electron chi connectivity index (χ2n) is 12.8. The van der Waals surface area contributed by atoms with Crippen molar-refractivity contribution < 1.29 is 38.5 Å². The van der Waals surface area contributed by atoms with E-state index in [4.69, 9.17) is 19.2 Å². The predicted molar refractivity (Wildman–Crippen MR) is 181 cm³/mol. The Morgan fingerprint density at radius 1 is 1.08 bits per heavy atom. The maximum absolute atomic E-state index is 14.1. The first-order chi connectivity index (χ1) is 23.7. The average molecular weight is 671 g/mol. The highest BCUT2D eigenvalue weighted by Crippen LogP contribution is 2.46. The number of aliphatic carboxylic acids is 1. The number of rotatable bonds is 7. The number of hydrogen-bond donors (Lipinski definition) is 3. The summed E-state index contributed by atoms with van der Waals surface area (Å²) < 4.78 is 17.4. The van der Waals surface area contributed by atoms with Crippen LogP contribution in [0.5, 0.6) is 11.5 Å². The van der Waals surface area contributed by atoms with Crippen LogP contribution in [0.15, 0.2) is 66.7 Å². The van der Waals surface area contributed by atoms with Crippen molar-refractivity contribution in [2.24, 2.45) is 5.92 Å². The number of nitrogens with zero attached hydrogens (tertiary/aromatic N) is 2. The van der Waals surface area contributed by atoms with E-state index in [1.54, 1.807) is 14.0 Å². The van der Waals surface area contributed by atoms with Gasteiger partial charge in [-0.25, -0.2) is 19.4 Å². The summed E-state index contributed by atoms with van der Waals surface area (Å²) in [6.45, 7) is 1.88. The van der Waals surface area contributed by atoms with Gasteiger partial charge in [-0.2, -0.15) is 0 Å². The molecule has 5 unspecified atom stereocenters. The van der Waals surface area contributed by atoms with Gasteiger partial charge in [-0.05, 0) is 44.7 Å². The number of carbonyl (C=O) groups is 4. The zero-order valence-corrected chi connectivity index (χ0v) is 27.7. The summed E-state index contributed by atoms with van der Waals surface area (Å²) in [6, 6.07) is 14.1. The van der Waals surface area contributed by atoms with Crippen molar-refractivity contribution in [3.05, 3.63) is 66.7 Å². The molecule has 12 nitrogen and oxygen atoms in total. The third-order valence-corrected chi connectivity index (χ3v) is 9.50. The molecular formula is C37H42N4O8. The maximum Gasteiger partial charge on any atom is 0.332 e. The van der Waals surface area contributed by atoms with Crippen LogP contribution in [0.3, 0.4) is 0 Å². The van der Waals surface area contributed by atoms with Gasteiger partial charge < -0.3 is 34.9 Å². The molecule has 6 rings (SSSR count). The summed E-state index contributed by atoms with van der Waals surface area (Å²) >= 11 is 0. The fraction of sp³-hybridized carbons (Fsp3) is 0.432. The number of carboxylic acid groups (broad SMARTS) is 1. The van der Waals surface area contributed by atoms with Crippen molar-refractivity contribution in [1.29, 1.82) is 0 Å². The quantitative estimate of drug-likeness (QED) is 0.236. The third kappa shape index (κ3) is 7.33. The number of pyridine rings is 1. The number of amides is 3. The monoisotopic (exact) mass is 670 g/mol. The molecule has 3 heterocycles. The van der Waals surface area contributed by atoms with E-state index in [1.165, 1.54) is 4.90 Å². The smallest absolute Gasteiger partial charge is 0.332 e. The van der Waals surface area contributed by atoms with Crippen molar-refractivity contribution in [3.8, 4) is 22.8 Å². The number of urea groups is 1. The van der Waals surface area contributed by atoms with Crippen LogP contribution in [-0.4, -0.2) is 82.9 Å². The van der Waals surface area contributed by atoms with Crippen molar-refractivity contribution in [2.45, 2.75) is 75.6 Å². The van der Waals surface area contributed by atoms with E-state index in [9.17, 15) is 24.3 Å². The molecule has 2 aliphatic heterocycles. The van der Waals surface area contributed by atoms with E-state index in [0.29, 0.717) is 35.6 Å². The van der Waals surface area contributed by atoms with Gasteiger partial charge in [0.2, 0.25) is 5.91 Å². The average Bonchev–Trinajstić information content (AvgIpc) is 3.63. The Kier molecular flexibility index (Phi) is 10.0. The summed E-state index contributed by atoms with van der Waals surface area (Å²) in [5.41, 5.74) is 0.964. The number of carboxylic acids is 1. The van der Waals surface area contributed by atoms with E-state index < -0.39 is 47.6 Å². The third-order valence-electron chi connectivity index (χ3n) is 9.50. The van der Waals surface area contributed by atoms with Gasteiger partial charge in [0.05, 0.1) is 31.5 Å². The Bertz CT molecular complexity index is 1750. The Hall–Kier alpha value is -5.13. The largest absolute Gasteiger partial charge is 0.497 e. The standard InChI is InChI=1S/C37H42N4O8/c1-3-48-35(45)37-21-24(37)14-10-5-4-6-11-15-28(34(43)44)39-36(46)41-22-26(19-31(41)33(42)40-37)49-32-20-29(23-12-8-7-9-13-23)38-30-18-25(47-2)16-17-27(30)32/h7-10,12-14,16-18,20,24,26,28,31H,3-6,11,15,19,21-22H2,1-2H3,(H,39,46)(H,40,42)(H,43,44)/b14-10+. The predicted octanol–water partition coefficient (Wildman–Crippen LogP) is 4.85. The molecule has 49 heavy (non-hydrogen) atoms. The normalized spacial score (nSPS) is 26.4. The number of ether oxygens (including phenoxy) is 3. The minimum atomic E-state index is -1.23. The highest BCUT2D eigenvalue weighted by atomic mass is 16.5. The molecule has 2 fully saturated rings. The summed E-state index contributed by atoms with van der Waals surface area (Å²) in [7, 11) is 1.58. The van der Waals surface area contributed by atoms with Gasteiger partial charge >= 0.3 is 18.0 Å². The van der Waals surface area contributed by atoms with Crippen molar-refractivity contribution >= 4 is 34.8 Å². The molecule has 258 valence electrons. The molecule has 0 radical (unpaired) electrons. The van der Waals surface area contributed by atoms with E-state index in [1.807, 2.05) is 66.7 Å². The molecular weight excluding hydrogens is 628 g/mol. The van der Waals surface area contributed by atoms with Crippen LogP contribution in [0.1, 0.15) is 51.9 Å². The molecule has 12 heteroatoms. The molecule has 1 saturated heterocycles. The van der Waals surface area contributed by atoms with Crippen LogP contribution >= 0.6 is 0 Å². The van der Waals surface area contributed by atoms with Crippen molar-refractivity contribution in [2.75, 3.05) is 20.3 Å². The van der Waals surface area contributed by atoms with Gasteiger partial charge in [-0.3, -0.25) is 4.79 Å². The fourth-order valence-corrected chi connectivity index (χ4v) is 6.74. The second-order valence-corrected chi connectivity index (χ2v) is 12.8. The molecule has 0 bridgehead atoms. The van der Waals surface area contributed by atoms with Crippen LogP contribution in [0.25, 0.3) is 22.2 Å². The summed E-state index contributed by atoms with van der Waals surface area (Å²) in [6.07, 6.45) is 7.05. The molecule has 1 aromatic heterocycles. The number of fused-ring (bicyclic) bond motifs is 3. The number of methoxy groups -OCH3 is 1. The number of carbonyl (C=O) groups excluding carboxylic acids is 3.